The van der Waals surface area contributed by atoms with Gasteiger partial charge in [0.1, 0.15) is 11.6 Å². The molecule has 0 spiro atoms. The van der Waals surface area contributed by atoms with Gasteiger partial charge in [-0.3, -0.25) is 0 Å². The fourth-order valence-corrected chi connectivity index (χ4v) is 2.59. The molecule has 1 heterocycles. The number of rotatable bonds is 7. The number of aromatic nitrogens is 1. The number of anilines is 1. The third kappa shape index (κ3) is 4.46. The molecule has 4 heteroatoms. The summed E-state index contributed by atoms with van der Waals surface area (Å²) in [6.07, 6.45) is 2.97. The highest BCUT2D eigenvalue weighted by molar-refractivity contribution is 7.98. The van der Waals surface area contributed by atoms with Crippen molar-refractivity contribution in [1.82, 2.24) is 4.98 Å². The number of benzene rings is 1. The highest BCUT2D eigenvalue weighted by Gasteiger charge is 1.99. The highest BCUT2D eigenvalue weighted by atomic mass is 32.2. The molecule has 0 amide bonds. The molecule has 1 aromatic heterocycles. The second-order valence-corrected chi connectivity index (χ2v) is 5.49. The number of hydrogen-bond acceptors (Lipinski definition) is 4. The first-order valence-electron chi connectivity index (χ1n) is 6.77. The lowest BCUT2D eigenvalue weighted by molar-refractivity contribution is 0.414. The van der Waals surface area contributed by atoms with E-state index in [2.05, 4.69) is 41.5 Å². The third-order valence-corrected chi connectivity index (χ3v) is 3.93. The van der Waals surface area contributed by atoms with E-state index in [0.29, 0.717) is 0 Å². The maximum atomic E-state index is 5.16. The van der Waals surface area contributed by atoms with E-state index < -0.39 is 0 Å². The van der Waals surface area contributed by atoms with Gasteiger partial charge in [-0.15, -0.1) is 11.8 Å². The molecule has 3 nitrogen and oxygen atoms in total. The van der Waals surface area contributed by atoms with Crippen LogP contribution in [0.15, 0.2) is 47.5 Å². The summed E-state index contributed by atoms with van der Waals surface area (Å²) >= 11 is 1.81. The van der Waals surface area contributed by atoms with Crippen molar-refractivity contribution >= 4 is 17.6 Å². The second kappa shape index (κ2) is 7.80. The van der Waals surface area contributed by atoms with Crippen molar-refractivity contribution in [3.63, 3.8) is 0 Å². The van der Waals surface area contributed by atoms with Crippen molar-refractivity contribution in [3.05, 3.63) is 48.2 Å². The lowest BCUT2D eigenvalue weighted by Crippen LogP contribution is -2.01. The van der Waals surface area contributed by atoms with Crippen LogP contribution in [-0.4, -0.2) is 18.6 Å². The zero-order valence-electron chi connectivity index (χ0n) is 11.9. The molecule has 1 aromatic carbocycles. The van der Waals surface area contributed by atoms with Crippen molar-refractivity contribution < 1.29 is 4.74 Å². The molecule has 0 radical (unpaired) electrons. The van der Waals surface area contributed by atoms with Crippen molar-refractivity contribution in [2.45, 2.75) is 24.0 Å². The van der Waals surface area contributed by atoms with Crippen molar-refractivity contribution in [2.75, 3.05) is 19.0 Å². The Morgan fingerprint density at radius 2 is 2.00 bits per heavy atom. The minimum Gasteiger partial charge on any atom is -0.497 e. The van der Waals surface area contributed by atoms with Crippen molar-refractivity contribution in [1.29, 1.82) is 0 Å². The van der Waals surface area contributed by atoms with Crippen LogP contribution in [-0.2, 0) is 5.75 Å². The van der Waals surface area contributed by atoms with Crippen molar-refractivity contribution in [3.8, 4) is 5.75 Å². The van der Waals surface area contributed by atoms with Gasteiger partial charge in [0.05, 0.1) is 7.11 Å². The van der Waals surface area contributed by atoms with Crippen LogP contribution in [0.4, 0.5) is 5.82 Å². The molecule has 0 aliphatic rings. The molecule has 0 aliphatic carbocycles. The molecule has 0 bridgehead atoms. The molecule has 106 valence electrons. The zero-order chi connectivity index (χ0) is 14.2. The Kier molecular flexibility index (Phi) is 5.74. The van der Waals surface area contributed by atoms with E-state index in [9.17, 15) is 0 Å². The monoisotopic (exact) mass is 288 g/mol. The molecule has 0 fully saturated rings. The maximum absolute atomic E-state index is 5.16. The van der Waals surface area contributed by atoms with Crippen LogP contribution in [0, 0.1) is 0 Å². The van der Waals surface area contributed by atoms with Gasteiger partial charge < -0.3 is 10.1 Å². The quantitative estimate of drug-likeness (QED) is 0.774. The van der Waals surface area contributed by atoms with E-state index in [4.69, 9.17) is 4.74 Å². The van der Waals surface area contributed by atoms with Gasteiger partial charge in [0.2, 0.25) is 0 Å². The number of ether oxygens (including phenoxy) is 1. The number of methoxy groups -OCH3 is 1. The highest BCUT2D eigenvalue weighted by Crippen LogP contribution is 2.25. The lowest BCUT2D eigenvalue weighted by atomic mass is 10.3. The van der Waals surface area contributed by atoms with Crippen LogP contribution in [0.1, 0.15) is 18.9 Å². The van der Waals surface area contributed by atoms with Gasteiger partial charge in [-0.25, -0.2) is 4.98 Å². The smallest absolute Gasteiger partial charge is 0.126 e. The topological polar surface area (TPSA) is 34.1 Å². The van der Waals surface area contributed by atoms with Crippen LogP contribution >= 0.6 is 11.8 Å². The van der Waals surface area contributed by atoms with E-state index in [1.54, 1.807) is 7.11 Å². The zero-order valence-corrected chi connectivity index (χ0v) is 12.7. The first-order valence-corrected chi connectivity index (χ1v) is 7.76. The van der Waals surface area contributed by atoms with Crippen LogP contribution in [0.5, 0.6) is 5.75 Å². The summed E-state index contributed by atoms with van der Waals surface area (Å²) in [5.41, 5.74) is 1.28. The van der Waals surface area contributed by atoms with Crippen LogP contribution in [0.3, 0.4) is 0 Å². The minimum absolute atomic E-state index is 0.893. The van der Waals surface area contributed by atoms with Gasteiger partial charge in [-0.1, -0.05) is 6.92 Å². The average Bonchev–Trinajstić information content (AvgIpc) is 2.52. The summed E-state index contributed by atoms with van der Waals surface area (Å²) in [4.78, 5) is 5.56. The Hall–Kier alpha value is -1.68. The summed E-state index contributed by atoms with van der Waals surface area (Å²) in [5.74, 6) is 2.79. The summed E-state index contributed by atoms with van der Waals surface area (Å²) in [6, 6.07) is 12.3. The van der Waals surface area contributed by atoms with Gasteiger partial charge in [-0.05, 0) is 48.4 Å². The van der Waals surface area contributed by atoms with Crippen LogP contribution < -0.4 is 10.1 Å². The predicted octanol–water partition coefficient (Wildman–Crippen LogP) is 4.20. The van der Waals surface area contributed by atoms with Gasteiger partial charge >= 0.3 is 0 Å². The molecule has 2 rings (SSSR count). The van der Waals surface area contributed by atoms with Gasteiger partial charge in [-0.2, -0.15) is 0 Å². The van der Waals surface area contributed by atoms with Gasteiger partial charge in [0.15, 0.2) is 0 Å². The fraction of sp³-hybridized carbons (Fsp3) is 0.312. The molecule has 2 aromatic rings. The minimum atomic E-state index is 0.893. The van der Waals surface area contributed by atoms with Gasteiger partial charge in [0, 0.05) is 23.4 Å². The molecule has 20 heavy (non-hydrogen) atoms. The van der Waals surface area contributed by atoms with E-state index in [1.165, 1.54) is 10.5 Å². The average molecular weight is 288 g/mol. The van der Waals surface area contributed by atoms with E-state index >= 15 is 0 Å². The van der Waals surface area contributed by atoms with E-state index in [1.807, 2.05) is 30.1 Å². The fourth-order valence-electron chi connectivity index (χ4n) is 1.75. The second-order valence-electron chi connectivity index (χ2n) is 4.44. The summed E-state index contributed by atoms with van der Waals surface area (Å²) < 4.78 is 5.16. The Labute approximate surface area is 124 Å². The normalized spacial score (nSPS) is 10.3. The molecule has 0 saturated carbocycles. The van der Waals surface area contributed by atoms with Gasteiger partial charge in [0.25, 0.3) is 0 Å². The third-order valence-electron chi connectivity index (χ3n) is 2.85. The first kappa shape index (κ1) is 14.7. The molecule has 0 saturated heterocycles. The first-order chi connectivity index (χ1) is 9.81. The number of thioether (sulfide) groups is 1. The molecule has 0 atom stereocenters. The predicted molar refractivity (Wildman–Crippen MR) is 85.6 cm³/mol. The number of nitrogens with zero attached hydrogens (tertiary/aromatic N) is 1. The molecular formula is C16H20N2OS. The standard InChI is InChI=1S/C16H20N2OS/c1-3-9-17-16-11-13(8-10-18-16)12-20-15-6-4-14(19-2)5-7-15/h4-8,10-11H,3,9,12H2,1-2H3,(H,17,18). The number of pyridine rings is 1. The maximum Gasteiger partial charge on any atom is 0.126 e. The Bertz CT molecular complexity index is 528. The van der Waals surface area contributed by atoms with Crippen molar-refractivity contribution in [2.24, 2.45) is 0 Å². The van der Waals surface area contributed by atoms with E-state index in [0.717, 1.165) is 30.3 Å². The molecule has 1 N–H and O–H groups in total. The summed E-state index contributed by atoms with van der Waals surface area (Å²) in [7, 11) is 1.68. The van der Waals surface area contributed by atoms with E-state index in [-0.39, 0.29) is 0 Å². The summed E-state index contributed by atoms with van der Waals surface area (Å²) in [5, 5.41) is 3.31. The molecule has 0 unspecified atom stereocenters. The largest absolute Gasteiger partial charge is 0.497 e. The van der Waals surface area contributed by atoms with Crippen LogP contribution in [0.2, 0.25) is 0 Å². The summed E-state index contributed by atoms with van der Waals surface area (Å²) in [6.45, 7) is 3.11. The molecular weight excluding hydrogens is 268 g/mol. The number of hydrogen-bond donors (Lipinski definition) is 1. The Balaban J connectivity index is 1.92. The Morgan fingerprint density at radius 3 is 2.70 bits per heavy atom. The molecule has 0 aliphatic heterocycles. The Morgan fingerprint density at radius 1 is 1.20 bits per heavy atom. The SMILES string of the molecule is CCCNc1cc(CSc2ccc(OC)cc2)ccn1. The van der Waals surface area contributed by atoms with Crippen LogP contribution in [0.25, 0.3) is 0 Å². The lowest BCUT2D eigenvalue weighted by Gasteiger charge is -2.07. The number of nitrogens with one attached hydrogen (secondary N) is 1.